The highest BCUT2D eigenvalue weighted by atomic mass is 35.5. The Morgan fingerprint density at radius 2 is 2.05 bits per heavy atom. The molecule has 3 nitrogen and oxygen atoms in total. The van der Waals surface area contributed by atoms with Crippen molar-refractivity contribution in [2.24, 2.45) is 0 Å². The average Bonchev–Trinajstić information content (AvgIpc) is 2.48. The van der Waals surface area contributed by atoms with E-state index in [9.17, 15) is 4.79 Å². The summed E-state index contributed by atoms with van der Waals surface area (Å²) in [6.07, 6.45) is 4.48. The second-order valence-corrected chi connectivity index (χ2v) is 5.73. The van der Waals surface area contributed by atoms with E-state index in [1.54, 1.807) is 6.07 Å². The Kier molecular flexibility index (Phi) is 5.86. The van der Waals surface area contributed by atoms with Gasteiger partial charge in [-0.05, 0) is 44.1 Å². The number of anilines is 1. The minimum Gasteiger partial charge on any atom is -0.383 e. The van der Waals surface area contributed by atoms with Crippen LogP contribution in [0.15, 0.2) is 18.2 Å². The molecule has 1 heterocycles. The van der Waals surface area contributed by atoms with Gasteiger partial charge in [-0.2, -0.15) is 0 Å². The average molecular weight is 295 g/mol. The molecule has 0 saturated carbocycles. The molecule has 20 heavy (non-hydrogen) atoms. The van der Waals surface area contributed by atoms with Crippen LogP contribution in [0, 0.1) is 0 Å². The Bertz CT molecular complexity index is 456. The van der Waals surface area contributed by atoms with E-state index in [2.05, 4.69) is 10.2 Å². The molecular formula is C16H23ClN2O. The molecule has 2 rings (SSSR count). The smallest absolute Gasteiger partial charge is 0.164 e. The van der Waals surface area contributed by atoms with Crippen LogP contribution in [0.5, 0.6) is 0 Å². The predicted octanol–water partition coefficient (Wildman–Crippen LogP) is 3.83. The van der Waals surface area contributed by atoms with Crippen molar-refractivity contribution >= 4 is 23.1 Å². The molecule has 4 heteroatoms. The molecule has 1 fully saturated rings. The molecule has 0 amide bonds. The summed E-state index contributed by atoms with van der Waals surface area (Å²) in [5.41, 5.74) is 1.61. The fourth-order valence-electron chi connectivity index (χ4n) is 2.63. The lowest BCUT2D eigenvalue weighted by Gasteiger charge is -2.26. The highest BCUT2D eigenvalue weighted by molar-refractivity contribution is 6.31. The van der Waals surface area contributed by atoms with Crippen molar-refractivity contribution in [3.63, 3.8) is 0 Å². The Morgan fingerprint density at radius 1 is 1.30 bits per heavy atom. The number of likely N-dealkylation sites (tertiary alicyclic amines) is 1. The first-order chi connectivity index (χ1) is 9.70. The lowest BCUT2D eigenvalue weighted by Crippen LogP contribution is -2.33. The fraction of sp³-hybridized carbons (Fsp3) is 0.562. The standard InChI is InChI=1S/C16H23ClN2O/c1-2-16(20)14-7-6-13(17)12-15(14)18-8-11-19-9-4-3-5-10-19/h6-7,12,18H,2-5,8-11H2,1H3. The summed E-state index contributed by atoms with van der Waals surface area (Å²) in [6, 6.07) is 5.44. The van der Waals surface area contributed by atoms with E-state index in [4.69, 9.17) is 11.6 Å². The van der Waals surface area contributed by atoms with Gasteiger partial charge in [-0.3, -0.25) is 4.79 Å². The van der Waals surface area contributed by atoms with Gasteiger partial charge < -0.3 is 10.2 Å². The summed E-state index contributed by atoms with van der Waals surface area (Å²) in [4.78, 5) is 14.4. The zero-order chi connectivity index (χ0) is 14.4. The van der Waals surface area contributed by atoms with E-state index in [-0.39, 0.29) is 5.78 Å². The molecule has 0 unspecified atom stereocenters. The van der Waals surface area contributed by atoms with Gasteiger partial charge in [0.25, 0.3) is 0 Å². The second kappa shape index (κ2) is 7.65. The van der Waals surface area contributed by atoms with E-state index in [1.165, 1.54) is 32.4 Å². The SMILES string of the molecule is CCC(=O)c1ccc(Cl)cc1NCCN1CCCCC1. The van der Waals surface area contributed by atoms with E-state index in [0.717, 1.165) is 24.3 Å². The molecule has 1 saturated heterocycles. The Hall–Kier alpha value is -1.06. The third-order valence-electron chi connectivity index (χ3n) is 3.80. The van der Waals surface area contributed by atoms with Crippen LogP contribution in [0.1, 0.15) is 43.0 Å². The summed E-state index contributed by atoms with van der Waals surface area (Å²) in [5.74, 6) is 0.155. The first-order valence-electron chi connectivity index (χ1n) is 7.49. The van der Waals surface area contributed by atoms with Crippen LogP contribution in [0.4, 0.5) is 5.69 Å². The molecule has 0 aliphatic carbocycles. The van der Waals surface area contributed by atoms with Crippen molar-refractivity contribution in [3.8, 4) is 0 Å². The number of hydrogen-bond donors (Lipinski definition) is 1. The molecule has 1 aliphatic rings. The van der Waals surface area contributed by atoms with Crippen LogP contribution in [-0.4, -0.2) is 36.9 Å². The maximum atomic E-state index is 11.9. The molecule has 1 aromatic rings. The van der Waals surface area contributed by atoms with Gasteiger partial charge in [-0.15, -0.1) is 0 Å². The molecule has 0 spiro atoms. The van der Waals surface area contributed by atoms with Gasteiger partial charge in [-0.1, -0.05) is 24.9 Å². The summed E-state index contributed by atoms with van der Waals surface area (Å²) in [7, 11) is 0. The van der Waals surface area contributed by atoms with Crippen LogP contribution < -0.4 is 5.32 Å². The van der Waals surface area contributed by atoms with E-state index in [1.807, 2.05) is 19.1 Å². The fourth-order valence-corrected chi connectivity index (χ4v) is 2.80. The number of Topliss-reactive ketones (excluding diaryl/α,β-unsaturated/α-hetero) is 1. The molecule has 0 bridgehead atoms. The third kappa shape index (κ3) is 4.22. The van der Waals surface area contributed by atoms with Crippen LogP contribution in [0.2, 0.25) is 5.02 Å². The lowest BCUT2D eigenvalue weighted by atomic mass is 10.1. The van der Waals surface area contributed by atoms with Crippen molar-refractivity contribution in [2.75, 3.05) is 31.5 Å². The number of piperidine rings is 1. The van der Waals surface area contributed by atoms with Crippen LogP contribution in [0.3, 0.4) is 0 Å². The van der Waals surface area contributed by atoms with E-state index >= 15 is 0 Å². The van der Waals surface area contributed by atoms with Gasteiger partial charge in [0, 0.05) is 35.8 Å². The number of nitrogens with zero attached hydrogens (tertiary/aromatic N) is 1. The monoisotopic (exact) mass is 294 g/mol. The number of hydrogen-bond acceptors (Lipinski definition) is 3. The molecule has 1 aliphatic heterocycles. The molecule has 110 valence electrons. The highest BCUT2D eigenvalue weighted by Crippen LogP contribution is 2.22. The Labute approximate surface area is 126 Å². The van der Waals surface area contributed by atoms with Crippen molar-refractivity contribution < 1.29 is 4.79 Å². The molecule has 1 aromatic carbocycles. The van der Waals surface area contributed by atoms with Gasteiger partial charge in [0.05, 0.1) is 0 Å². The van der Waals surface area contributed by atoms with Gasteiger partial charge in [0.1, 0.15) is 0 Å². The van der Waals surface area contributed by atoms with E-state index in [0.29, 0.717) is 11.4 Å². The number of benzene rings is 1. The zero-order valence-electron chi connectivity index (χ0n) is 12.1. The summed E-state index contributed by atoms with van der Waals surface area (Å²) in [5, 5.41) is 4.03. The van der Waals surface area contributed by atoms with Gasteiger partial charge in [0.2, 0.25) is 0 Å². The predicted molar refractivity (Wildman–Crippen MR) is 84.9 cm³/mol. The third-order valence-corrected chi connectivity index (χ3v) is 4.03. The van der Waals surface area contributed by atoms with Gasteiger partial charge in [-0.25, -0.2) is 0 Å². The highest BCUT2D eigenvalue weighted by Gasteiger charge is 2.12. The summed E-state index contributed by atoms with van der Waals surface area (Å²) < 4.78 is 0. The quantitative estimate of drug-likeness (QED) is 0.809. The molecule has 1 N–H and O–H groups in total. The molecule has 0 radical (unpaired) electrons. The van der Waals surface area contributed by atoms with Crippen molar-refractivity contribution in [1.29, 1.82) is 0 Å². The van der Waals surface area contributed by atoms with Crippen LogP contribution in [-0.2, 0) is 0 Å². The molecule has 0 atom stereocenters. The largest absolute Gasteiger partial charge is 0.383 e. The number of rotatable bonds is 6. The van der Waals surface area contributed by atoms with E-state index < -0.39 is 0 Å². The molecule has 0 aromatic heterocycles. The van der Waals surface area contributed by atoms with Crippen molar-refractivity contribution in [1.82, 2.24) is 4.90 Å². The number of ketones is 1. The normalized spacial score (nSPS) is 16.1. The summed E-state index contributed by atoms with van der Waals surface area (Å²) in [6.45, 7) is 6.14. The second-order valence-electron chi connectivity index (χ2n) is 5.30. The lowest BCUT2D eigenvalue weighted by molar-refractivity contribution is 0.0989. The van der Waals surface area contributed by atoms with Crippen molar-refractivity contribution in [3.05, 3.63) is 28.8 Å². The van der Waals surface area contributed by atoms with Gasteiger partial charge >= 0.3 is 0 Å². The number of carbonyl (C=O) groups excluding carboxylic acids is 1. The number of nitrogens with one attached hydrogen (secondary N) is 1. The minimum absolute atomic E-state index is 0.155. The van der Waals surface area contributed by atoms with Crippen molar-refractivity contribution in [2.45, 2.75) is 32.6 Å². The summed E-state index contributed by atoms with van der Waals surface area (Å²) >= 11 is 6.03. The maximum Gasteiger partial charge on any atom is 0.164 e. The van der Waals surface area contributed by atoms with Gasteiger partial charge in [0.15, 0.2) is 5.78 Å². The van der Waals surface area contributed by atoms with Crippen LogP contribution >= 0.6 is 11.6 Å². The first-order valence-corrected chi connectivity index (χ1v) is 7.87. The molecular weight excluding hydrogens is 272 g/mol. The Balaban J connectivity index is 1.93. The number of carbonyl (C=O) groups is 1. The Morgan fingerprint density at radius 3 is 2.75 bits per heavy atom. The topological polar surface area (TPSA) is 32.3 Å². The number of halogens is 1. The zero-order valence-corrected chi connectivity index (χ0v) is 12.9. The first kappa shape index (κ1) is 15.3. The maximum absolute atomic E-state index is 11.9. The minimum atomic E-state index is 0.155. The van der Waals surface area contributed by atoms with Crippen LogP contribution in [0.25, 0.3) is 0 Å².